The molecule has 0 N–H and O–H groups in total. The monoisotopic (exact) mass is 305 g/mol. The van der Waals surface area contributed by atoms with Crippen molar-refractivity contribution in [1.29, 1.82) is 0 Å². The lowest BCUT2D eigenvalue weighted by molar-refractivity contribution is -0.133. The van der Waals surface area contributed by atoms with Crippen LogP contribution in [0.25, 0.3) is 0 Å². The standard InChI is InChI=1S/C21H23NO/c23-21(20-15-19(20)18-9-5-2-6-10-18)22-13-11-17(12-14-22)16-7-3-1-4-8-16/h1-10,17,19-20H,11-15H2. The maximum absolute atomic E-state index is 12.7. The molecule has 1 saturated heterocycles. The minimum absolute atomic E-state index is 0.227. The Kier molecular flexibility index (Phi) is 3.90. The Morgan fingerprint density at radius 2 is 1.39 bits per heavy atom. The molecule has 2 fully saturated rings. The molecular weight excluding hydrogens is 282 g/mol. The lowest BCUT2D eigenvalue weighted by atomic mass is 9.89. The fourth-order valence-electron chi connectivity index (χ4n) is 3.93. The van der Waals surface area contributed by atoms with Crippen molar-refractivity contribution >= 4 is 5.91 Å². The number of piperidine rings is 1. The second kappa shape index (κ2) is 6.19. The summed E-state index contributed by atoms with van der Waals surface area (Å²) in [7, 11) is 0. The van der Waals surface area contributed by atoms with Crippen molar-refractivity contribution in [3.63, 3.8) is 0 Å². The van der Waals surface area contributed by atoms with Crippen LogP contribution in [0.15, 0.2) is 60.7 Å². The molecule has 2 aromatic rings. The Hall–Kier alpha value is -2.09. The third kappa shape index (κ3) is 3.03. The fraction of sp³-hybridized carbons (Fsp3) is 0.381. The number of amides is 1. The van der Waals surface area contributed by atoms with Gasteiger partial charge in [0.25, 0.3) is 0 Å². The Balaban J connectivity index is 1.34. The number of carbonyl (C=O) groups excluding carboxylic acids is 1. The third-order valence-corrected chi connectivity index (χ3v) is 5.41. The Labute approximate surface area is 138 Å². The van der Waals surface area contributed by atoms with Crippen LogP contribution in [-0.4, -0.2) is 23.9 Å². The summed E-state index contributed by atoms with van der Waals surface area (Å²) in [6.45, 7) is 1.83. The molecule has 23 heavy (non-hydrogen) atoms. The number of nitrogens with zero attached hydrogens (tertiary/aromatic N) is 1. The molecule has 118 valence electrons. The largest absolute Gasteiger partial charge is 0.342 e. The van der Waals surface area contributed by atoms with Crippen LogP contribution in [0.3, 0.4) is 0 Å². The molecule has 0 aromatic heterocycles. The van der Waals surface area contributed by atoms with Gasteiger partial charge in [-0.15, -0.1) is 0 Å². The summed E-state index contributed by atoms with van der Waals surface area (Å²) in [5.41, 5.74) is 2.75. The summed E-state index contributed by atoms with van der Waals surface area (Å²) >= 11 is 0. The SMILES string of the molecule is O=C(C1CC1c1ccccc1)N1CCC(c2ccccc2)CC1. The van der Waals surface area contributed by atoms with Crippen LogP contribution in [-0.2, 0) is 4.79 Å². The van der Waals surface area contributed by atoms with Crippen molar-refractivity contribution < 1.29 is 4.79 Å². The highest BCUT2D eigenvalue weighted by molar-refractivity contribution is 5.83. The van der Waals surface area contributed by atoms with Crippen LogP contribution in [0.4, 0.5) is 0 Å². The predicted molar refractivity (Wildman–Crippen MR) is 92.3 cm³/mol. The van der Waals surface area contributed by atoms with Crippen molar-refractivity contribution in [2.24, 2.45) is 5.92 Å². The molecule has 2 aliphatic rings. The molecule has 1 aliphatic heterocycles. The zero-order valence-electron chi connectivity index (χ0n) is 13.4. The van der Waals surface area contributed by atoms with Gasteiger partial charge in [0.15, 0.2) is 0 Å². The number of likely N-dealkylation sites (tertiary alicyclic amines) is 1. The summed E-state index contributed by atoms with van der Waals surface area (Å²) < 4.78 is 0. The van der Waals surface area contributed by atoms with Gasteiger partial charge in [-0.25, -0.2) is 0 Å². The fourth-order valence-corrected chi connectivity index (χ4v) is 3.93. The minimum Gasteiger partial charge on any atom is -0.342 e. The lowest BCUT2D eigenvalue weighted by Gasteiger charge is -2.32. The van der Waals surface area contributed by atoms with E-state index in [-0.39, 0.29) is 5.92 Å². The number of benzene rings is 2. The lowest BCUT2D eigenvalue weighted by Crippen LogP contribution is -2.39. The van der Waals surface area contributed by atoms with Gasteiger partial charge in [-0.2, -0.15) is 0 Å². The third-order valence-electron chi connectivity index (χ3n) is 5.41. The second-order valence-electron chi connectivity index (χ2n) is 6.87. The predicted octanol–water partition coefficient (Wildman–Crippen LogP) is 4.20. The van der Waals surface area contributed by atoms with E-state index in [2.05, 4.69) is 59.5 Å². The first-order chi connectivity index (χ1) is 11.3. The second-order valence-corrected chi connectivity index (χ2v) is 6.87. The molecule has 1 amide bonds. The van der Waals surface area contributed by atoms with Crippen LogP contribution in [0.2, 0.25) is 0 Å². The van der Waals surface area contributed by atoms with Crippen LogP contribution in [0, 0.1) is 5.92 Å². The van der Waals surface area contributed by atoms with Crippen LogP contribution in [0.5, 0.6) is 0 Å². The molecule has 1 aliphatic carbocycles. The van der Waals surface area contributed by atoms with Gasteiger partial charge in [-0.3, -0.25) is 4.79 Å². The highest BCUT2D eigenvalue weighted by Gasteiger charge is 2.46. The van der Waals surface area contributed by atoms with E-state index in [1.54, 1.807) is 0 Å². The van der Waals surface area contributed by atoms with Crippen molar-refractivity contribution in [2.45, 2.75) is 31.1 Å². The first-order valence-corrected chi connectivity index (χ1v) is 8.71. The molecule has 4 rings (SSSR count). The topological polar surface area (TPSA) is 20.3 Å². The average molecular weight is 305 g/mol. The Bertz CT molecular complexity index is 659. The van der Waals surface area contributed by atoms with Gasteiger partial charge >= 0.3 is 0 Å². The number of hydrogen-bond acceptors (Lipinski definition) is 1. The van der Waals surface area contributed by atoms with Gasteiger partial charge in [0, 0.05) is 19.0 Å². The first-order valence-electron chi connectivity index (χ1n) is 8.71. The van der Waals surface area contributed by atoms with E-state index in [1.165, 1.54) is 11.1 Å². The summed E-state index contributed by atoms with van der Waals surface area (Å²) in [5.74, 6) is 1.68. The Morgan fingerprint density at radius 3 is 2.00 bits per heavy atom. The number of hydrogen-bond donors (Lipinski definition) is 0. The molecular formula is C21H23NO. The molecule has 0 spiro atoms. The van der Waals surface area contributed by atoms with Crippen LogP contribution >= 0.6 is 0 Å². The quantitative estimate of drug-likeness (QED) is 0.832. The summed E-state index contributed by atoms with van der Waals surface area (Å²) in [5, 5.41) is 0. The van der Waals surface area contributed by atoms with Gasteiger partial charge in [0.2, 0.25) is 5.91 Å². The van der Waals surface area contributed by atoms with Gasteiger partial charge in [0.1, 0.15) is 0 Å². The zero-order chi connectivity index (χ0) is 15.6. The van der Waals surface area contributed by atoms with E-state index >= 15 is 0 Å². The molecule has 2 nitrogen and oxygen atoms in total. The summed E-state index contributed by atoms with van der Waals surface area (Å²) in [4.78, 5) is 14.8. The molecule has 2 atom stereocenters. The molecule has 2 aromatic carbocycles. The van der Waals surface area contributed by atoms with Gasteiger partial charge in [0.05, 0.1) is 0 Å². The van der Waals surface area contributed by atoms with E-state index in [0.29, 0.717) is 17.7 Å². The number of rotatable bonds is 3. The molecule has 2 heteroatoms. The highest BCUT2D eigenvalue weighted by Crippen LogP contribution is 2.48. The zero-order valence-corrected chi connectivity index (χ0v) is 13.4. The van der Waals surface area contributed by atoms with Crippen molar-refractivity contribution in [3.05, 3.63) is 71.8 Å². The normalized spacial score (nSPS) is 24.4. The maximum atomic E-state index is 12.7. The highest BCUT2D eigenvalue weighted by atomic mass is 16.2. The van der Waals surface area contributed by atoms with Crippen molar-refractivity contribution in [3.8, 4) is 0 Å². The molecule has 2 unspecified atom stereocenters. The van der Waals surface area contributed by atoms with Crippen LogP contribution in [0.1, 0.15) is 42.2 Å². The van der Waals surface area contributed by atoms with Crippen molar-refractivity contribution in [1.82, 2.24) is 4.90 Å². The van der Waals surface area contributed by atoms with Gasteiger partial charge in [-0.05, 0) is 42.2 Å². The number of carbonyl (C=O) groups is 1. The van der Waals surface area contributed by atoms with E-state index in [9.17, 15) is 4.79 Å². The van der Waals surface area contributed by atoms with E-state index in [4.69, 9.17) is 0 Å². The molecule has 0 bridgehead atoms. The van der Waals surface area contributed by atoms with E-state index in [1.807, 2.05) is 6.07 Å². The smallest absolute Gasteiger partial charge is 0.226 e. The summed E-state index contributed by atoms with van der Waals surface area (Å²) in [6, 6.07) is 21.2. The van der Waals surface area contributed by atoms with Crippen LogP contribution < -0.4 is 0 Å². The van der Waals surface area contributed by atoms with E-state index < -0.39 is 0 Å². The van der Waals surface area contributed by atoms with Gasteiger partial charge in [-0.1, -0.05) is 60.7 Å². The molecule has 1 heterocycles. The first kappa shape index (κ1) is 14.5. The Morgan fingerprint density at radius 1 is 0.826 bits per heavy atom. The average Bonchev–Trinajstić information content (AvgIpc) is 3.44. The van der Waals surface area contributed by atoms with E-state index in [0.717, 1.165) is 32.4 Å². The molecule has 1 saturated carbocycles. The van der Waals surface area contributed by atoms with Gasteiger partial charge < -0.3 is 4.90 Å². The minimum atomic E-state index is 0.227. The summed E-state index contributed by atoms with van der Waals surface area (Å²) in [6.07, 6.45) is 3.22. The van der Waals surface area contributed by atoms with Crippen molar-refractivity contribution in [2.75, 3.05) is 13.1 Å². The molecule has 0 radical (unpaired) electrons. The maximum Gasteiger partial charge on any atom is 0.226 e.